The highest BCUT2D eigenvalue weighted by atomic mass is 19.2. The summed E-state index contributed by atoms with van der Waals surface area (Å²) in [4.78, 5) is 12.0. The van der Waals surface area contributed by atoms with Crippen molar-refractivity contribution < 1.29 is 27.1 Å². The first-order valence-electron chi connectivity index (χ1n) is 7.24. The Morgan fingerprint density at radius 2 is 1.71 bits per heavy atom. The topological polar surface area (TPSA) is 26.3 Å². The Bertz CT molecular complexity index is 717. The summed E-state index contributed by atoms with van der Waals surface area (Å²) in [5, 5.41) is 0. The Hall–Kier alpha value is -2.29. The number of carbonyl (C=O) groups is 1. The first-order valence-corrected chi connectivity index (χ1v) is 7.24. The molecule has 2 nitrogen and oxygen atoms in total. The van der Waals surface area contributed by atoms with Crippen molar-refractivity contribution in [3.8, 4) is 12.3 Å². The van der Waals surface area contributed by atoms with Crippen molar-refractivity contribution >= 4 is 5.97 Å². The molecule has 0 saturated heterocycles. The van der Waals surface area contributed by atoms with Gasteiger partial charge in [-0.3, -0.25) is 4.79 Å². The van der Waals surface area contributed by atoms with Crippen molar-refractivity contribution in [1.29, 1.82) is 0 Å². The van der Waals surface area contributed by atoms with Gasteiger partial charge in [0.15, 0.2) is 23.3 Å². The van der Waals surface area contributed by atoms with Crippen molar-refractivity contribution in [3.05, 3.63) is 47.1 Å². The largest absolute Gasteiger partial charge is 0.460 e. The molecule has 1 aliphatic rings. The number of esters is 1. The molecular formula is C18H16F4O2. The number of terminal acetylenes is 1. The second kappa shape index (κ2) is 6.31. The van der Waals surface area contributed by atoms with Gasteiger partial charge in [0.2, 0.25) is 0 Å². The van der Waals surface area contributed by atoms with Crippen molar-refractivity contribution in [2.24, 2.45) is 17.3 Å². The first-order chi connectivity index (χ1) is 11.2. The van der Waals surface area contributed by atoms with E-state index in [1.807, 2.05) is 19.8 Å². The van der Waals surface area contributed by atoms with Crippen LogP contribution in [0.15, 0.2) is 12.7 Å². The molecule has 1 aromatic carbocycles. The van der Waals surface area contributed by atoms with Gasteiger partial charge in [0.05, 0.1) is 11.5 Å². The molecule has 1 aromatic rings. The van der Waals surface area contributed by atoms with Crippen LogP contribution < -0.4 is 0 Å². The smallest absolute Gasteiger partial charge is 0.310 e. The molecule has 0 amide bonds. The molecule has 0 radical (unpaired) electrons. The van der Waals surface area contributed by atoms with E-state index >= 15 is 0 Å². The maximum atomic E-state index is 13.9. The SMILES string of the molecule is C#CCc1c(F)c(F)c(COC(=O)C2C(C=C)C2(C)C)c(F)c1F. The minimum absolute atomic E-state index is 0.119. The van der Waals surface area contributed by atoms with E-state index in [2.05, 4.69) is 6.58 Å². The zero-order chi connectivity index (χ0) is 18.2. The van der Waals surface area contributed by atoms with Crippen LogP contribution in [-0.2, 0) is 22.6 Å². The minimum atomic E-state index is -1.61. The van der Waals surface area contributed by atoms with Gasteiger partial charge >= 0.3 is 5.97 Å². The van der Waals surface area contributed by atoms with Crippen LogP contribution in [0.1, 0.15) is 25.0 Å². The first kappa shape index (κ1) is 18.1. The molecule has 6 heteroatoms. The predicted octanol–water partition coefficient (Wildman–Crippen LogP) is 3.92. The number of ether oxygens (including phenoxy) is 1. The average molecular weight is 340 g/mol. The summed E-state index contributed by atoms with van der Waals surface area (Å²) in [5.74, 6) is -5.76. The lowest BCUT2D eigenvalue weighted by Gasteiger charge is -2.11. The highest BCUT2D eigenvalue weighted by molar-refractivity contribution is 5.78. The summed E-state index contributed by atoms with van der Waals surface area (Å²) >= 11 is 0. The van der Waals surface area contributed by atoms with E-state index in [0.29, 0.717) is 0 Å². The van der Waals surface area contributed by atoms with E-state index in [9.17, 15) is 22.4 Å². The maximum absolute atomic E-state index is 13.9. The van der Waals surface area contributed by atoms with E-state index in [1.165, 1.54) is 0 Å². The van der Waals surface area contributed by atoms with Crippen LogP contribution in [0.2, 0.25) is 0 Å². The van der Waals surface area contributed by atoms with E-state index < -0.39 is 59.3 Å². The Balaban J connectivity index is 2.21. The summed E-state index contributed by atoms with van der Waals surface area (Å²) in [5.41, 5.74) is -2.21. The minimum Gasteiger partial charge on any atom is -0.460 e. The fourth-order valence-electron chi connectivity index (χ4n) is 2.91. The standard InChI is InChI=1S/C18H16F4O2/c1-5-7-9-13(19)15(21)10(16(22)14(9)20)8-24-17(23)12-11(6-2)18(12,3)4/h1,6,11-12H,2,7-8H2,3-4H3. The van der Waals surface area contributed by atoms with Gasteiger partial charge in [-0.15, -0.1) is 18.9 Å². The lowest BCUT2D eigenvalue weighted by Crippen LogP contribution is -2.14. The number of halogens is 4. The zero-order valence-electron chi connectivity index (χ0n) is 13.3. The third kappa shape index (κ3) is 2.79. The highest BCUT2D eigenvalue weighted by Crippen LogP contribution is 2.59. The summed E-state index contributed by atoms with van der Waals surface area (Å²) in [6, 6.07) is 0. The predicted molar refractivity (Wildman–Crippen MR) is 79.6 cm³/mol. The monoisotopic (exact) mass is 340 g/mol. The summed E-state index contributed by atoms with van der Waals surface area (Å²) in [6.07, 6.45) is 5.92. The summed E-state index contributed by atoms with van der Waals surface area (Å²) < 4.78 is 60.3. The highest BCUT2D eigenvalue weighted by Gasteiger charge is 2.61. The summed E-state index contributed by atoms with van der Waals surface area (Å²) in [7, 11) is 0. The fraction of sp³-hybridized carbons (Fsp3) is 0.389. The number of carbonyl (C=O) groups excluding carboxylic acids is 1. The Morgan fingerprint density at radius 3 is 2.12 bits per heavy atom. The second-order valence-electron chi connectivity index (χ2n) is 6.26. The van der Waals surface area contributed by atoms with Crippen LogP contribution in [0.3, 0.4) is 0 Å². The summed E-state index contributed by atoms with van der Waals surface area (Å²) in [6.45, 7) is 6.34. The van der Waals surface area contributed by atoms with Gasteiger partial charge in [-0.25, -0.2) is 17.6 Å². The molecule has 0 bridgehead atoms. The van der Waals surface area contributed by atoms with Crippen LogP contribution in [-0.4, -0.2) is 5.97 Å². The Morgan fingerprint density at radius 1 is 1.21 bits per heavy atom. The zero-order valence-corrected chi connectivity index (χ0v) is 13.3. The number of rotatable bonds is 5. The average Bonchev–Trinajstić information content (AvgIpc) is 3.10. The van der Waals surface area contributed by atoms with Crippen molar-refractivity contribution in [1.82, 2.24) is 0 Å². The third-order valence-corrected chi connectivity index (χ3v) is 4.50. The van der Waals surface area contributed by atoms with Crippen LogP contribution in [0, 0.1) is 52.9 Å². The van der Waals surface area contributed by atoms with Crippen molar-refractivity contribution in [2.75, 3.05) is 0 Å². The Kier molecular flexibility index (Phi) is 4.75. The molecule has 24 heavy (non-hydrogen) atoms. The molecule has 1 fully saturated rings. The van der Waals surface area contributed by atoms with Crippen LogP contribution in [0.5, 0.6) is 0 Å². The van der Waals surface area contributed by atoms with E-state index in [0.717, 1.165) is 0 Å². The Labute approximate surface area is 137 Å². The van der Waals surface area contributed by atoms with E-state index in [-0.39, 0.29) is 11.3 Å². The lowest BCUT2D eigenvalue weighted by molar-refractivity contribution is -0.147. The normalized spacial score (nSPS) is 21.0. The molecule has 1 aliphatic carbocycles. The van der Waals surface area contributed by atoms with E-state index in [4.69, 9.17) is 11.2 Å². The number of allylic oxidation sites excluding steroid dienone is 1. The molecular weight excluding hydrogens is 324 g/mol. The molecule has 0 heterocycles. The van der Waals surface area contributed by atoms with Gasteiger partial charge in [0, 0.05) is 12.0 Å². The number of benzene rings is 1. The molecule has 2 unspecified atom stereocenters. The van der Waals surface area contributed by atoms with Crippen LogP contribution in [0.25, 0.3) is 0 Å². The van der Waals surface area contributed by atoms with Gasteiger partial charge in [-0.1, -0.05) is 19.9 Å². The third-order valence-electron chi connectivity index (χ3n) is 4.50. The molecule has 0 aromatic heterocycles. The van der Waals surface area contributed by atoms with Crippen LogP contribution >= 0.6 is 0 Å². The quantitative estimate of drug-likeness (QED) is 0.267. The molecule has 128 valence electrons. The number of hydrogen-bond donors (Lipinski definition) is 0. The van der Waals surface area contributed by atoms with Gasteiger partial charge < -0.3 is 4.74 Å². The molecule has 0 spiro atoms. The van der Waals surface area contributed by atoms with Crippen molar-refractivity contribution in [3.63, 3.8) is 0 Å². The van der Waals surface area contributed by atoms with Gasteiger partial charge in [0.25, 0.3) is 0 Å². The van der Waals surface area contributed by atoms with Crippen molar-refractivity contribution in [2.45, 2.75) is 26.9 Å². The molecule has 0 N–H and O–H groups in total. The van der Waals surface area contributed by atoms with Crippen LogP contribution in [0.4, 0.5) is 17.6 Å². The molecule has 0 aliphatic heterocycles. The van der Waals surface area contributed by atoms with Gasteiger partial charge in [-0.2, -0.15) is 0 Å². The molecule has 1 saturated carbocycles. The lowest BCUT2D eigenvalue weighted by atomic mass is 10.1. The number of hydrogen-bond acceptors (Lipinski definition) is 2. The second-order valence-corrected chi connectivity index (χ2v) is 6.26. The molecule has 2 atom stereocenters. The van der Waals surface area contributed by atoms with Gasteiger partial charge in [-0.05, 0) is 11.3 Å². The maximum Gasteiger partial charge on any atom is 0.310 e. The molecule has 2 rings (SSSR count). The fourth-order valence-corrected chi connectivity index (χ4v) is 2.91. The van der Waals surface area contributed by atoms with Gasteiger partial charge in [0.1, 0.15) is 6.61 Å². The van der Waals surface area contributed by atoms with E-state index in [1.54, 1.807) is 6.08 Å².